The fraction of sp³-hybridized carbons (Fsp3) is 0.462. The third-order valence-electron chi connectivity index (χ3n) is 7.06. The summed E-state index contributed by atoms with van der Waals surface area (Å²) in [6, 6.07) is 8.10. The average molecular weight is 454 g/mol. The van der Waals surface area contributed by atoms with Crippen LogP contribution in [-0.4, -0.2) is 28.6 Å². The Bertz CT molecular complexity index is 1120. The zero-order valence-corrected chi connectivity index (χ0v) is 20.4. The Hall–Kier alpha value is -2.47. The lowest BCUT2D eigenvalue weighted by atomic mass is 9.62. The Morgan fingerprint density at radius 2 is 1.66 bits per heavy atom. The number of phenols is 1. The number of amides is 2. The SMILES string of the molecule is COc1cc(O)c(CC2SC(=O)NC2=O)cc1-c1cc2c(cc1C)C(C)(C)CCC2(C)C. The molecule has 1 heterocycles. The molecule has 2 amide bonds. The van der Waals surface area contributed by atoms with Gasteiger partial charge in [-0.25, -0.2) is 0 Å². The standard InChI is InChI=1S/C26H31NO4S/c1-14-9-18-19(26(4,5)8-7-25(18,2)3)12-16(14)17-10-15(20(28)13-21(17)31-6)11-22-23(29)27-24(30)32-22/h9-10,12-13,22,28H,7-8,11H2,1-6H3,(H,27,29,30). The molecule has 6 heteroatoms. The normalized spacial score (nSPS) is 21.2. The van der Waals surface area contributed by atoms with Crippen LogP contribution < -0.4 is 10.1 Å². The molecule has 1 aliphatic carbocycles. The van der Waals surface area contributed by atoms with E-state index >= 15 is 0 Å². The number of rotatable bonds is 4. The molecule has 2 N–H and O–H groups in total. The lowest BCUT2D eigenvalue weighted by molar-refractivity contribution is -0.118. The van der Waals surface area contributed by atoms with E-state index in [4.69, 9.17) is 4.74 Å². The van der Waals surface area contributed by atoms with Crippen LogP contribution in [0.5, 0.6) is 11.5 Å². The molecular formula is C26H31NO4S. The lowest BCUT2D eigenvalue weighted by Crippen LogP contribution is -2.34. The maximum absolute atomic E-state index is 12.1. The van der Waals surface area contributed by atoms with E-state index in [0.717, 1.165) is 41.3 Å². The number of hydrogen-bond acceptors (Lipinski definition) is 5. The van der Waals surface area contributed by atoms with Crippen molar-refractivity contribution in [3.8, 4) is 22.6 Å². The minimum atomic E-state index is -0.543. The number of hydrogen-bond donors (Lipinski definition) is 2. The number of aromatic hydroxyl groups is 1. The van der Waals surface area contributed by atoms with Gasteiger partial charge in [0.1, 0.15) is 11.5 Å². The summed E-state index contributed by atoms with van der Waals surface area (Å²) < 4.78 is 5.64. The van der Waals surface area contributed by atoms with E-state index in [1.54, 1.807) is 13.2 Å². The van der Waals surface area contributed by atoms with Crippen LogP contribution >= 0.6 is 11.8 Å². The summed E-state index contributed by atoms with van der Waals surface area (Å²) in [5.74, 6) is 0.336. The van der Waals surface area contributed by atoms with Crippen molar-refractivity contribution in [1.82, 2.24) is 5.32 Å². The zero-order chi connectivity index (χ0) is 23.4. The molecule has 2 aromatic rings. The molecule has 1 fully saturated rings. The number of benzene rings is 2. The molecule has 4 rings (SSSR count). The summed E-state index contributed by atoms with van der Waals surface area (Å²) in [5, 5.41) is 12.0. The number of imide groups is 1. The molecule has 1 aliphatic heterocycles. The topological polar surface area (TPSA) is 75.6 Å². The van der Waals surface area contributed by atoms with Gasteiger partial charge in [-0.3, -0.25) is 14.9 Å². The second kappa shape index (κ2) is 7.84. The molecule has 0 saturated carbocycles. The Morgan fingerprint density at radius 1 is 1.03 bits per heavy atom. The van der Waals surface area contributed by atoms with Crippen LogP contribution in [0.3, 0.4) is 0 Å². The van der Waals surface area contributed by atoms with Crippen LogP contribution in [0.2, 0.25) is 0 Å². The number of aryl methyl sites for hydroxylation is 1. The Kier molecular flexibility index (Phi) is 5.56. The van der Waals surface area contributed by atoms with Gasteiger partial charge < -0.3 is 9.84 Å². The fourth-order valence-corrected chi connectivity index (χ4v) is 5.74. The number of thioether (sulfide) groups is 1. The number of carbonyl (C=O) groups excluding carboxylic acids is 2. The Labute approximate surface area is 193 Å². The van der Waals surface area contributed by atoms with E-state index in [-0.39, 0.29) is 34.1 Å². The van der Waals surface area contributed by atoms with Gasteiger partial charge in [-0.15, -0.1) is 0 Å². The molecule has 1 unspecified atom stereocenters. The van der Waals surface area contributed by atoms with E-state index in [9.17, 15) is 14.7 Å². The van der Waals surface area contributed by atoms with Gasteiger partial charge in [-0.2, -0.15) is 0 Å². The van der Waals surface area contributed by atoms with Crippen molar-refractivity contribution in [2.24, 2.45) is 0 Å². The van der Waals surface area contributed by atoms with E-state index in [1.165, 1.54) is 11.1 Å². The molecule has 0 aromatic heterocycles. The highest BCUT2D eigenvalue weighted by molar-refractivity contribution is 8.15. The summed E-state index contributed by atoms with van der Waals surface area (Å²) in [4.78, 5) is 23.6. The lowest BCUT2D eigenvalue weighted by Gasteiger charge is -2.42. The average Bonchev–Trinajstić information content (AvgIpc) is 3.03. The predicted molar refractivity (Wildman–Crippen MR) is 129 cm³/mol. The smallest absolute Gasteiger partial charge is 0.286 e. The van der Waals surface area contributed by atoms with Gasteiger partial charge in [0.2, 0.25) is 5.91 Å². The molecular weight excluding hydrogens is 422 g/mol. The predicted octanol–water partition coefficient (Wildman–Crippen LogP) is 5.62. The first kappa shape index (κ1) is 22.7. The molecule has 2 aliphatic rings. The molecule has 0 radical (unpaired) electrons. The van der Waals surface area contributed by atoms with Crippen LogP contribution in [0.25, 0.3) is 11.1 Å². The highest BCUT2D eigenvalue weighted by Crippen LogP contribution is 2.49. The van der Waals surface area contributed by atoms with Crippen LogP contribution in [0.1, 0.15) is 62.8 Å². The molecule has 2 aromatic carbocycles. The summed E-state index contributed by atoms with van der Waals surface area (Å²) in [5.41, 5.74) is 6.65. The van der Waals surface area contributed by atoms with Gasteiger partial charge in [-0.1, -0.05) is 45.5 Å². The maximum atomic E-state index is 12.1. The quantitative estimate of drug-likeness (QED) is 0.628. The van der Waals surface area contributed by atoms with Gasteiger partial charge in [-0.05, 0) is 77.0 Å². The number of carbonyl (C=O) groups is 2. The minimum absolute atomic E-state index is 0.0652. The number of fused-ring (bicyclic) bond motifs is 1. The van der Waals surface area contributed by atoms with Crippen LogP contribution in [0, 0.1) is 6.92 Å². The third-order valence-corrected chi connectivity index (χ3v) is 8.04. The summed E-state index contributed by atoms with van der Waals surface area (Å²) >= 11 is 0.968. The number of phenolic OH excluding ortho intramolecular Hbond substituents is 1. The minimum Gasteiger partial charge on any atom is -0.508 e. The van der Waals surface area contributed by atoms with Crippen molar-refractivity contribution in [1.29, 1.82) is 0 Å². The van der Waals surface area contributed by atoms with E-state index in [1.807, 2.05) is 6.07 Å². The first-order valence-corrected chi connectivity index (χ1v) is 11.9. The summed E-state index contributed by atoms with van der Waals surface area (Å²) in [6.07, 6.45) is 2.54. The Morgan fingerprint density at radius 3 is 2.22 bits per heavy atom. The van der Waals surface area contributed by atoms with Gasteiger partial charge in [0.15, 0.2) is 0 Å². The summed E-state index contributed by atoms with van der Waals surface area (Å²) in [6.45, 7) is 11.3. The van der Waals surface area contributed by atoms with E-state index in [2.05, 4.69) is 52.1 Å². The first-order chi connectivity index (χ1) is 14.9. The second-order valence-electron chi connectivity index (χ2n) is 10.2. The van der Waals surface area contributed by atoms with Gasteiger partial charge >= 0.3 is 0 Å². The van der Waals surface area contributed by atoms with E-state index < -0.39 is 5.25 Å². The van der Waals surface area contributed by atoms with Crippen molar-refractivity contribution in [2.45, 2.75) is 70.0 Å². The van der Waals surface area contributed by atoms with Gasteiger partial charge in [0.25, 0.3) is 5.24 Å². The molecule has 1 atom stereocenters. The molecule has 5 nitrogen and oxygen atoms in total. The van der Waals surface area contributed by atoms with Crippen molar-refractivity contribution in [2.75, 3.05) is 7.11 Å². The molecule has 0 spiro atoms. The highest BCUT2D eigenvalue weighted by Gasteiger charge is 2.38. The molecule has 0 bridgehead atoms. The number of nitrogens with one attached hydrogen (secondary N) is 1. The van der Waals surface area contributed by atoms with Crippen LogP contribution in [0.4, 0.5) is 4.79 Å². The van der Waals surface area contributed by atoms with Gasteiger partial charge in [0, 0.05) is 11.6 Å². The number of ether oxygens (including phenoxy) is 1. The molecule has 170 valence electrons. The van der Waals surface area contributed by atoms with Crippen LogP contribution in [0.15, 0.2) is 24.3 Å². The van der Waals surface area contributed by atoms with Crippen molar-refractivity contribution in [3.63, 3.8) is 0 Å². The maximum Gasteiger partial charge on any atom is 0.286 e. The van der Waals surface area contributed by atoms with E-state index in [0.29, 0.717) is 11.3 Å². The largest absolute Gasteiger partial charge is 0.508 e. The Balaban J connectivity index is 1.84. The highest BCUT2D eigenvalue weighted by atomic mass is 32.2. The third kappa shape index (κ3) is 3.90. The monoisotopic (exact) mass is 453 g/mol. The second-order valence-corrected chi connectivity index (χ2v) is 11.4. The molecule has 32 heavy (non-hydrogen) atoms. The van der Waals surface area contributed by atoms with Crippen molar-refractivity contribution < 1.29 is 19.4 Å². The number of methoxy groups -OCH3 is 1. The van der Waals surface area contributed by atoms with Gasteiger partial charge in [0.05, 0.1) is 12.4 Å². The zero-order valence-electron chi connectivity index (χ0n) is 19.6. The fourth-order valence-electron chi connectivity index (χ4n) is 4.90. The summed E-state index contributed by atoms with van der Waals surface area (Å²) in [7, 11) is 1.59. The first-order valence-electron chi connectivity index (χ1n) is 11.0. The van der Waals surface area contributed by atoms with Crippen LogP contribution in [-0.2, 0) is 22.0 Å². The van der Waals surface area contributed by atoms with Crippen molar-refractivity contribution in [3.05, 3.63) is 46.5 Å². The van der Waals surface area contributed by atoms with Crippen molar-refractivity contribution >= 4 is 22.9 Å². The molecule has 1 saturated heterocycles.